The van der Waals surface area contributed by atoms with Gasteiger partial charge in [-0.05, 0) is 103 Å². The predicted molar refractivity (Wildman–Crippen MR) is 362 cm³/mol. The number of rotatable bonds is 65. The van der Waals surface area contributed by atoms with E-state index in [2.05, 4.69) is 118 Å². The summed E-state index contributed by atoms with van der Waals surface area (Å²) >= 11 is 0. The highest BCUT2D eigenvalue weighted by molar-refractivity contribution is 5.71. The van der Waals surface area contributed by atoms with Crippen molar-refractivity contribution in [1.82, 2.24) is 0 Å². The predicted octanol–water partition coefficient (Wildman–Crippen LogP) is 24.8. The van der Waals surface area contributed by atoms with Crippen LogP contribution in [0, 0.1) is 0 Å². The summed E-state index contributed by atoms with van der Waals surface area (Å²) < 4.78 is 16.9. The molecule has 0 aliphatic rings. The summed E-state index contributed by atoms with van der Waals surface area (Å²) in [6.45, 7) is 6.50. The van der Waals surface area contributed by atoms with Gasteiger partial charge in [0.2, 0.25) is 0 Å². The maximum Gasteiger partial charge on any atom is 0.306 e. The number of hydrogen-bond acceptors (Lipinski definition) is 6. The van der Waals surface area contributed by atoms with Crippen molar-refractivity contribution in [3.63, 3.8) is 0 Å². The van der Waals surface area contributed by atoms with Gasteiger partial charge in [-0.15, -0.1) is 0 Å². The maximum atomic E-state index is 12.9. The van der Waals surface area contributed by atoms with Crippen LogP contribution in [-0.2, 0) is 28.6 Å². The van der Waals surface area contributed by atoms with Crippen LogP contribution < -0.4 is 0 Å². The van der Waals surface area contributed by atoms with Gasteiger partial charge >= 0.3 is 17.9 Å². The summed E-state index contributed by atoms with van der Waals surface area (Å²) in [7, 11) is 0. The van der Waals surface area contributed by atoms with Crippen LogP contribution in [0.4, 0.5) is 0 Å². The van der Waals surface area contributed by atoms with Gasteiger partial charge in [-0.25, -0.2) is 0 Å². The van der Waals surface area contributed by atoms with Crippen molar-refractivity contribution in [2.75, 3.05) is 13.2 Å². The van der Waals surface area contributed by atoms with Gasteiger partial charge in [0.05, 0.1) is 0 Å². The van der Waals surface area contributed by atoms with Crippen LogP contribution in [0.1, 0.15) is 355 Å². The Hall–Kier alpha value is -3.67. The van der Waals surface area contributed by atoms with E-state index in [0.29, 0.717) is 19.3 Å². The molecule has 0 saturated heterocycles. The van der Waals surface area contributed by atoms with Crippen LogP contribution in [0.15, 0.2) is 97.2 Å². The van der Waals surface area contributed by atoms with Crippen LogP contribution in [-0.4, -0.2) is 37.2 Å². The number of carbonyl (C=O) groups excluding carboxylic acids is 3. The van der Waals surface area contributed by atoms with Crippen LogP contribution in [0.25, 0.3) is 0 Å². The van der Waals surface area contributed by atoms with E-state index in [0.717, 1.165) is 109 Å². The first-order valence-electron chi connectivity index (χ1n) is 35.7. The van der Waals surface area contributed by atoms with Crippen LogP contribution >= 0.6 is 0 Å². The number of esters is 3. The molecule has 0 bridgehead atoms. The summed E-state index contributed by atoms with van der Waals surface area (Å²) in [5.74, 6) is -0.874. The lowest BCUT2D eigenvalue weighted by Gasteiger charge is -2.18. The minimum absolute atomic E-state index is 0.0757. The summed E-state index contributed by atoms with van der Waals surface area (Å²) in [5, 5.41) is 0. The Kier molecular flexibility index (Phi) is 67.7. The van der Waals surface area contributed by atoms with Gasteiger partial charge in [0.25, 0.3) is 0 Å². The molecule has 0 spiro atoms. The highest BCUT2D eigenvalue weighted by Crippen LogP contribution is 2.17. The van der Waals surface area contributed by atoms with Gasteiger partial charge in [-0.2, -0.15) is 0 Å². The molecule has 0 heterocycles. The molecule has 0 N–H and O–H groups in total. The second-order valence-corrected chi connectivity index (χ2v) is 23.8. The Morgan fingerprint density at radius 1 is 0.253 bits per heavy atom. The highest BCUT2D eigenvalue weighted by Gasteiger charge is 2.19. The number of carbonyl (C=O) groups is 3. The molecule has 0 amide bonds. The van der Waals surface area contributed by atoms with Crippen molar-refractivity contribution in [2.24, 2.45) is 0 Å². The zero-order valence-electron chi connectivity index (χ0n) is 54.9. The number of ether oxygens (including phenoxy) is 3. The van der Waals surface area contributed by atoms with Crippen molar-refractivity contribution in [2.45, 2.75) is 361 Å². The summed E-state index contributed by atoms with van der Waals surface area (Å²) in [4.78, 5) is 38.2. The quantitative estimate of drug-likeness (QED) is 0.0261. The number of allylic oxidation sites excluding steroid dienone is 16. The fraction of sp³-hybridized carbons (Fsp3) is 0.753. The topological polar surface area (TPSA) is 78.9 Å². The van der Waals surface area contributed by atoms with E-state index in [4.69, 9.17) is 14.2 Å². The molecular weight excluding hydrogens is 1020 g/mol. The maximum absolute atomic E-state index is 12.9. The number of unbranched alkanes of at least 4 members (excludes halogenated alkanes) is 38. The zero-order chi connectivity index (χ0) is 59.9. The van der Waals surface area contributed by atoms with Crippen molar-refractivity contribution < 1.29 is 28.6 Å². The molecule has 0 aromatic carbocycles. The lowest BCUT2D eigenvalue weighted by Crippen LogP contribution is -2.30. The standard InChI is InChI=1S/C77H134O6/c1-4-7-10-13-16-18-20-22-24-26-28-30-32-33-34-35-36-37-38-39-40-41-42-43-45-46-48-50-52-54-56-58-61-64-67-70-76(79)82-73-74(72-81-75(78)69-66-63-60-15-12-9-6-3)83-77(80)71-68-65-62-59-57-55-53-51-49-47-44-31-29-27-25-23-21-19-17-14-11-8-5-2/h7,10,16,18,21-24,27-30,33-34,44,47,74H,4-6,8-9,11-15,17,19-20,25-26,31-32,35-43,45-46,48-73H2,1-3H3/b10-7-,18-16-,23-21-,24-22-,29-27-,30-28-,34-33-,47-44-. The first-order chi connectivity index (χ1) is 41.0. The van der Waals surface area contributed by atoms with Crippen molar-refractivity contribution >= 4 is 17.9 Å². The second-order valence-electron chi connectivity index (χ2n) is 23.8. The van der Waals surface area contributed by atoms with Crippen molar-refractivity contribution in [1.29, 1.82) is 0 Å². The largest absolute Gasteiger partial charge is 0.462 e. The molecule has 1 atom stereocenters. The molecule has 0 aliphatic heterocycles. The molecule has 0 aliphatic carbocycles. The lowest BCUT2D eigenvalue weighted by atomic mass is 10.0. The summed E-state index contributed by atoms with van der Waals surface area (Å²) in [5.41, 5.74) is 0. The molecule has 83 heavy (non-hydrogen) atoms. The summed E-state index contributed by atoms with van der Waals surface area (Å²) in [6.07, 6.45) is 96.1. The van der Waals surface area contributed by atoms with E-state index in [9.17, 15) is 14.4 Å². The van der Waals surface area contributed by atoms with Gasteiger partial charge in [-0.1, -0.05) is 330 Å². The van der Waals surface area contributed by atoms with Crippen molar-refractivity contribution in [3.8, 4) is 0 Å². The van der Waals surface area contributed by atoms with Gasteiger partial charge < -0.3 is 14.2 Å². The first kappa shape index (κ1) is 79.3. The first-order valence-corrected chi connectivity index (χ1v) is 35.7. The fourth-order valence-electron chi connectivity index (χ4n) is 10.2. The SMILES string of the molecule is CC/C=C\C/C=C\C/C=C\C/C=C\C/C=C\CCCCCCCCCCCCCCCCCCCCCC(=O)OCC(COC(=O)CCCCCCCCC)OC(=O)CCCCCCCCCC/C=C\C/C=C\C/C=C\CCCCCCC. The normalized spacial score (nSPS) is 12.7. The number of hydrogen-bond donors (Lipinski definition) is 0. The molecule has 1 unspecified atom stereocenters. The third-order valence-electron chi connectivity index (χ3n) is 15.6. The second kappa shape index (κ2) is 70.8. The van der Waals surface area contributed by atoms with E-state index in [1.54, 1.807) is 0 Å². The van der Waals surface area contributed by atoms with E-state index in [1.807, 2.05) is 0 Å². The minimum Gasteiger partial charge on any atom is -0.462 e. The average molecular weight is 1160 g/mol. The molecule has 0 aromatic heterocycles. The molecule has 0 radical (unpaired) electrons. The molecular formula is C77H134O6. The molecule has 0 fully saturated rings. The minimum atomic E-state index is -0.778. The Labute approximate surface area is 515 Å². The molecule has 6 nitrogen and oxygen atoms in total. The Morgan fingerprint density at radius 3 is 0.735 bits per heavy atom. The van der Waals surface area contributed by atoms with Crippen LogP contribution in [0.2, 0.25) is 0 Å². The monoisotopic (exact) mass is 1160 g/mol. The highest BCUT2D eigenvalue weighted by atomic mass is 16.6. The molecule has 0 rings (SSSR count). The van der Waals surface area contributed by atoms with E-state index in [-0.39, 0.29) is 31.1 Å². The Morgan fingerprint density at radius 2 is 0.470 bits per heavy atom. The van der Waals surface area contributed by atoms with Gasteiger partial charge in [0.15, 0.2) is 6.10 Å². The fourth-order valence-corrected chi connectivity index (χ4v) is 10.2. The zero-order valence-corrected chi connectivity index (χ0v) is 54.9. The molecule has 478 valence electrons. The third-order valence-corrected chi connectivity index (χ3v) is 15.6. The van der Waals surface area contributed by atoms with E-state index < -0.39 is 6.10 Å². The Bertz CT molecular complexity index is 1610. The Balaban J connectivity index is 4.02. The van der Waals surface area contributed by atoms with E-state index in [1.165, 1.54) is 205 Å². The smallest absolute Gasteiger partial charge is 0.306 e. The lowest BCUT2D eigenvalue weighted by molar-refractivity contribution is -0.167. The van der Waals surface area contributed by atoms with E-state index >= 15 is 0 Å². The molecule has 6 heteroatoms. The van der Waals surface area contributed by atoms with Crippen molar-refractivity contribution in [3.05, 3.63) is 97.2 Å². The summed E-state index contributed by atoms with van der Waals surface area (Å²) in [6, 6.07) is 0. The molecule has 0 saturated carbocycles. The third kappa shape index (κ3) is 69.0. The van der Waals surface area contributed by atoms with Crippen LogP contribution in [0.3, 0.4) is 0 Å². The van der Waals surface area contributed by atoms with Gasteiger partial charge in [0, 0.05) is 19.3 Å². The van der Waals surface area contributed by atoms with Gasteiger partial charge in [0.1, 0.15) is 13.2 Å². The molecule has 0 aromatic rings. The average Bonchev–Trinajstić information content (AvgIpc) is 3.49. The van der Waals surface area contributed by atoms with Crippen LogP contribution in [0.5, 0.6) is 0 Å². The van der Waals surface area contributed by atoms with Gasteiger partial charge in [-0.3, -0.25) is 14.4 Å².